The summed E-state index contributed by atoms with van der Waals surface area (Å²) in [6, 6.07) is 14.0. The van der Waals surface area contributed by atoms with Gasteiger partial charge in [0.2, 0.25) is 17.7 Å². The summed E-state index contributed by atoms with van der Waals surface area (Å²) in [4.78, 5) is 59.9. The van der Waals surface area contributed by atoms with Gasteiger partial charge in [0.15, 0.2) is 5.82 Å². The predicted molar refractivity (Wildman–Crippen MR) is 183 cm³/mol. The molecule has 0 saturated carbocycles. The molecule has 1 aromatic heterocycles. The molecule has 0 radical (unpaired) electrons. The van der Waals surface area contributed by atoms with E-state index >= 15 is 0 Å². The Hall–Kier alpha value is -4.93. The number of carboxylic acid groups (broad SMARTS) is 2. The van der Waals surface area contributed by atoms with Crippen molar-refractivity contribution in [3.8, 4) is 11.1 Å². The Morgan fingerprint density at radius 3 is 2.32 bits per heavy atom. The van der Waals surface area contributed by atoms with Gasteiger partial charge in [-0.25, -0.2) is 9.18 Å². The average molecular weight is 687 g/mol. The number of H-pyrrole nitrogens is 1. The Labute approximate surface area is 282 Å². The smallest absolute Gasteiger partial charge is 0.326 e. The van der Waals surface area contributed by atoms with Crippen molar-refractivity contribution in [1.82, 2.24) is 15.5 Å². The van der Waals surface area contributed by atoms with Gasteiger partial charge < -0.3 is 31.9 Å². The highest BCUT2D eigenvalue weighted by atomic mass is 32.1. The average Bonchev–Trinajstić information content (AvgIpc) is 3.39. The number of amides is 3. The lowest BCUT2D eigenvalue weighted by atomic mass is 10.0. The fraction of sp³-hybridized carbons (Fsp3) is 0.226. The highest BCUT2D eigenvalue weighted by Gasteiger charge is 2.26. The van der Waals surface area contributed by atoms with Gasteiger partial charge in [-0.3, -0.25) is 24.3 Å². The predicted octanol–water partition coefficient (Wildman–Crippen LogP) is 3.17. The number of nitrogens with two attached hydrogens (primary N) is 1. The van der Waals surface area contributed by atoms with Crippen LogP contribution < -0.4 is 21.7 Å². The summed E-state index contributed by atoms with van der Waals surface area (Å²) in [7, 11) is 0. The molecule has 4 rings (SSSR count). The van der Waals surface area contributed by atoms with Crippen molar-refractivity contribution < 1.29 is 38.6 Å². The number of hydrogen-bond donors (Lipinski definition) is 7. The maximum absolute atomic E-state index is 14.1. The van der Waals surface area contributed by atoms with Crippen LogP contribution >= 0.6 is 27.0 Å². The minimum atomic E-state index is -1.48. The largest absolute Gasteiger partial charge is 0.481 e. The molecule has 3 amide bonds. The van der Waals surface area contributed by atoms with Gasteiger partial charge in [0.05, 0.1) is 29.8 Å². The van der Waals surface area contributed by atoms with Crippen molar-refractivity contribution in [2.24, 2.45) is 5.73 Å². The van der Waals surface area contributed by atoms with Crippen LogP contribution in [0.15, 0.2) is 60.7 Å². The number of aromatic nitrogens is 2. The molecule has 0 unspecified atom stereocenters. The molecule has 0 aliphatic rings. The number of fused-ring (bicyclic) bond motifs is 1. The molecule has 16 heteroatoms. The molecule has 0 aliphatic carbocycles. The molecular formula is C31H35FN6O7S2. The van der Waals surface area contributed by atoms with E-state index in [1.165, 1.54) is 6.07 Å². The summed E-state index contributed by atoms with van der Waals surface area (Å²) in [5.74, 6) is -4.90. The number of benzene rings is 3. The molecule has 8 N–H and O–H groups in total. The lowest BCUT2D eigenvalue weighted by Crippen LogP contribution is -2.49. The zero-order chi connectivity index (χ0) is 32.7. The van der Waals surface area contributed by atoms with Gasteiger partial charge in [0.25, 0.3) is 0 Å². The van der Waals surface area contributed by atoms with Gasteiger partial charge in [-0.15, -0.1) is 0 Å². The van der Waals surface area contributed by atoms with Crippen molar-refractivity contribution in [3.05, 3.63) is 77.6 Å². The van der Waals surface area contributed by atoms with E-state index in [1.807, 2.05) is 13.0 Å². The fourth-order valence-electron chi connectivity index (χ4n) is 4.63. The molecular weight excluding hydrogens is 652 g/mol. The Balaban J connectivity index is 0.00000384. The Kier molecular flexibility index (Phi) is 13.9. The molecule has 0 bridgehead atoms. The number of aliphatic carboxylic acids is 2. The number of halogens is 1. The van der Waals surface area contributed by atoms with Gasteiger partial charge in [-0.1, -0.05) is 42.0 Å². The number of nitrogens with zero attached hydrogens (tertiary/aromatic N) is 1. The van der Waals surface area contributed by atoms with Crippen molar-refractivity contribution in [2.45, 2.75) is 44.7 Å². The molecule has 0 aliphatic heterocycles. The topological polar surface area (TPSA) is 217 Å². The van der Waals surface area contributed by atoms with Crippen LogP contribution in [0.25, 0.3) is 22.0 Å². The molecule has 3 aromatic carbocycles. The maximum atomic E-state index is 14.1. The Morgan fingerprint density at radius 1 is 0.957 bits per heavy atom. The summed E-state index contributed by atoms with van der Waals surface area (Å²) in [5.41, 5.74) is 9.51. The number of anilines is 2. The van der Waals surface area contributed by atoms with E-state index in [9.17, 15) is 33.5 Å². The third-order valence-corrected chi connectivity index (χ3v) is 6.88. The minimum Gasteiger partial charge on any atom is -0.481 e. The van der Waals surface area contributed by atoms with Crippen LogP contribution in [0.5, 0.6) is 0 Å². The maximum Gasteiger partial charge on any atom is 0.326 e. The van der Waals surface area contributed by atoms with Crippen molar-refractivity contribution in [1.29, 1.82) is 0 Å². The first-order valence-electron chi connectivity index (χ1n) is 13.8. The van der Waals surface area contributed by atoms with E-state index in [1.54, 1.807) is 48.5 Å². The van der Waals surface area contributed by atoms with Crippen LogP contribution in [-0.4, -0.2) is 62.2 Å². The van der Waals surface area contributed by atoms with E-state index in [0.29, 0.717) is 27.7 Å². The van der Waals surface area contributed by atoms with Gasteiger partial charge in [0.1, 0.15) is 11.9 Å². The molecule has 47 heavy (non-hydrogen) atoms. The lowest BCUT2D eigenvalue weighted by Gasteiger charge is -2.17. The van der Waals surface area contributed by atoms with Crippen LogP contribution in [0, 0.1) is 12.7 Å². The normalized spacial score (nSPS) is 11.7. The SMILES string of the molecule is Cc1ccc(F)c(CC(=O)Nc2ccc(-c3cccc4[nH]nc(NC(=O)C[C@H](N)C(=O)N[C@@H](CCC(=O)O)C(=O)O)c34)cc2)c1.S.S. The van der Waals surface area contributed by atoms with Crippen molar-refractivity contribution in [3.63, 3.8) is 0 Å². The molecule has 4 aromatic rings. The Bertz CT molecular complexity index is 1770. The number of carbonyl (C=O) groups is 5. The van der Waals surface area contributed by atoms with E-state index in [4.69, 9.17) is 10.8 Å². The first-order valence-corrected chi connectivity index (χ1v) is 13.8. The second-order valence-corrected chi connectivity index (χ2v) is 10.4. The molecule has 2 atom stereocenters. The van der Waals surface area contributed by atoms with Gasteiger partial charge in [-0.05, 0) is 54.3 Å². The number of rotatable bonds is 13. The number of nitrogens with one attached hydrogen (secondary N) is 4. The third-order valence-electron chi connectivity index (χ3n) is 6.88. The highest BCUT2D eigenvalue weighted by Crippen LogP contribution is 2.33. The lowest BCUT2D eigenvalue weighted by molar-refractivity contribution is -0.143. The molecule has 250 valence electrons. The van der Waals surface area contributed by atoms with Crippen LogP contribution in [0.1, 0.15) is 30.4 Å². The van der Waals surface area contributed by atoms with E-state index in [0.717, 1.165) is 11.1 Å². The molecule has 0 saturated heterocycles. The van der Waals surface area contributed by atoms with E-state index in [2.05, 4.69) is 26.1 Å². The van der Waals surface area contributed by atoms with Gasteiger partial charge in [0, 0.05) is 12.1 Å². The zero-order valence-electron chi connectivity index (χ0n) is 25.1. The number of hydrogen-bond acceptors (Lipinski definition) is 7. The molecule has 1 heterocycles. The monoisotopic (exact) mass is 686 g/mol. The van der Waals surface area contributed by atoms with Gasteiger partial charge in [-0.2, -0.15) is 32.1 Å². The summed E-state index contributed by atoms with van der Waals surface area (Å²) in [6.07, 6.45) is -1.45. The van der Waals surface area contributed by atoms with E-state index in [-0.39, 0.29) is 51.6 Å². The first-order chi connectivity index (χ1) is 21.4. The number of aryl methyl sites for hydroxylation is 1. The van der Waals surface area contributed by atoms with E-state index < -0.39 is 54.5 Å². The Morgan fingerprint density at radius 2 is 1.66 bits per heavy atom. The fourth-order valence-corrected chi connectivity index (χ4v) is 4.63. The van der Waals surface area contributed by atoms with Gasteiger partial charge >= 0.3 is 11.9 Å². The number of aromatic amines is 1. The summed E-state index contributed by atoms with van der Waals surface area (Å²) in [6.45, 7) is 1.82. The van der Waals surface area contributed by atoms with Crippen LogP contribution in [0.3, 0.4) is 0 Å². The minimum absolute atomic E-state index is 0. The molecule has 0 spiro atoms. The van der Waals surface area contributed by atoms with Crippen molar-refractivity contribution in [2.75, 3.05) is 10.6 Å². The van der Waals surface area contributed by atoms with Crippen LogP contribution in [0.2, 0.25) is 0 Å². The number of carboxylic acids is 2. The third kappa shape index (κ3) is 10.3. The summed E-state index contributed by atoms with van der Waals surface area (Å²) in [5, 5.41) is 33.1. The standard InChI is InChI=1S/C31H31FN6O7.2H2S/c1-16-5-10-21(32)18(13-16)14-25(39)34-19-8-6-17(7-9-19)20-3-2-4-23-28(20)29(38-37-23)36-26(40)15-22(33)30(43)35-24(31(44)45)11-12-27(41)42;;/h2-10,13,22,24H,11-12,14-15,33H2,1H3,(H,34,39)(H,35,43)(H,41,42)(H,44,45)(H2,36,37,38,40);2*1H2/t22-,24-;;/m0../s1. The second kappa shape index (κ2) is 17.1. The number of carbonyl (C=O) groups excluding carboxylic acids is 3. The summed E-state index contributed by atoms with van der Waals surface area (Å²) >= 11 is 0. The highest BCUT2D eigenvalue weighted by molar-refractivity contribution is 7.59. The van der Waals surface area contributed by atoms with Crippen LogP contribution in [-0.2, 0) is 30.4 Å². The zero-order valence-corrected chi connectivity index (χ0v) is 27.1. The van der Waals surface area contributed by atoms with Crippen molar-refractivity contribution >= 4 is 79.1 Å². The second-order valence-electron chi connectivity index (χ2n) is 10.4. The quantitative estimate of drug-likeness (QED) is 0.110. The van der Waals surface area contributed by atoms with Crippen LogP contribution in [0.4, 0.5) is 15.9 Å². The molecule has 13 nitrogen and oxygen atoms in total. The molecule has 0 fully saturated rings. The first kappa shape index (κ1) is 38.3. The summed E-state index contributed by atoms with van der Waals surface area (Å²) < 4.78 is 14.1.